The summed E-state index contributed by atoms with van der Waals surface area (Å²) in [5, 5.41) is 28.5. The Morgan fingerprint density at radius 1 is 1.52 bits per heavy atom. The summed E-state index contributed by atoms with van der Waals surface area (Å²) in [5.41, 5.74) is -0.359. The van der Waals surface area contributed by atoms with E-state index in [-0.39, 0.29) is 29.3 Å². The van der Waals surface area contributed by atoms with Crippen molar-refractivity contribution in [3.05, 3.63) is 51.8 Å². The summed E-state index contributed by atoms with van der Waals surface area (Å²) in [6.07, 6.45) is 3.21. The van der Waals surface area contributed by atoms with Crippen LogP contribution in [0.2, 0.25) is 0 Å². The molecule has 0 spiro atoms. The number of ketones is 1. The fraction of sp³-hybridized carbons (Fsp3) is 0.333. The molecule has 1 aromatic heterocycles. The first-order chi connectivity index (χ1) is 10.7. The third-order valence-corrected chi connectivity index (χ3v) is 3.55. The van der Waals surface area contributed by atoms with Gasteiger partial charge in [-0.25, -0.2) is 0 Å². The average Bonchev–Trinajstić information content (AvgIpc) is 2.92. The maximum absolute atomic E-state index is 11.3. The van der Waals surface area contributed by atoms with Crippen molar-refractivity contribution < 1.29 is 14.8 Å². The molecule has 2 rings (SSSR count). The SMILES string of the molecule is CC(=O)c1ccc(NCC(C)(O)c2cnn(C)c2)c([N+](=O)[O-])c1. The normalized spacial score (nSPS) is 13.4. The number of nitrogens with zero attached hydrogens (tertiary/aromatic N) is 3. The summed E-state index contributed by atoms with van der Waals surface area (Å²) in [5.74, 6) is -0.248. The van der Waals surface area contributed by atoms with Gasteiger partial charge in [-0.05, 0) is 26.0 Å². The summed E-state index contributed by atoms with van der Waals surface area (Å²) >= 11 is 0. The van der Waals surface area contributed by atoms with Crippen molar-refractivity contribution in [1.82, 2.24) is 9.78 Å². The maximum Gasteiger partial charge on any atom is 0.293 e. The van der Waals surface area contributed by atoms with Crippen molar-refractivity contribution in [3.63, 3.8) is 0 Å². The van der Waals surface area contributed by atoms with Crippen LogP contribution in [0.5, 0.6) is 0 Å². The van der Waals surface area contributed by atoms with Crippen LogP contribution in [0.4, 0.5) is 11.4 Å². The van der Waals surface area contributed by atoms with Crippen LogP contribution in [0.3, 0.4) is 0 Å². The lowest BCUT2D eigenvalue weighted by Gasteiger charge is -2.23. The van der Waals surface area contributed by atoms with Gasteiger partial charge in [0.2, 0.25) is 0 Å². The van der Waals surface area contributed by atoms with Crippen LogP contribution in [0.25, 0.3) is 0 Å². The van der Waals surface area contributed by atoms with Crippen LogP contribution in [-0.2, 0) is 12.6 Å². The number of Topliss-reactive ketones (excluding diaryl/α,β-unsaturated/α-hetero) is 1. The molecule has 0 fully saturated rings. The minimum Gasteiger partial charge on any atom is -0.383 e. The van der Waals surface area contributed by atoms with Gasteiger partial charge in [-0.15, -0.1) is 0 Å². The molecule has 0 aliphatic heterocycles. The number of carbonyl (C=O) groups excluding carboxylic acids is 1. The smallest absolute Gasteiger partial charge is 0.293 e. The molecular weight excluding hydrogens is 300 g/mol. The fourth-order valence-corrected chi connectivity index (χ4v) is 2.12. The number of anilines is 1. The van der Waals surface area contributed by atoms with E-state index in [0.717, 1.165) is 0 Å². The second kappa shape index (κ2) is 6.17. The van der Waals surface area contributed by atoms with Gasteiger partial charge in [0.05, 0.1) is 11.1 Å². The minimum atomic E-state index is -1.25. The third-order valence-electron chi connectivity index (χ3n) is 3.55. The zero-order chi connectivity index (χ0) is 17.2. The fourth-order valence-electron chi connectivity index (χ4n) is 2.12. The summed E-state index contributed by atoms with van der Waals surface area (Å²) in [7, 11) is 1.73. The van der Waals surface area contributed by atoms with E-state index in [2.05, 4.69) is 10.4 Å². The zero-order valence-corrected chi connectivity index (χ0v) is 13.1. The topological polar surface area (TPSA) is 110 Å². The maximum atomic E-state index is 11.3. The second-order valence-corrected chi connectivity index (χ2v) is 5.58. The largest absolute Gasteiger partial charge is 0.383 e. The summed E-state index contributed by atoms with van der Waals surface area (Å²) in [6.45, 7) is 2.99. The number of rotatable bonds is 6. The van der Waals surface area contributed by atoms with Crippen molar-refractivity contribution in [2.24, 2.45) is 7.05 Å². The highest BCUT2D eigenvalue weighted by Gasteiger charge is 2.26. The van der Waals surface area contributed by atoms with Crippen molar-refractivity contribution in [1.29, 1.82) is 0 Å². The zero-order valence-electron chi connectivity index (χ0n) is 13.1. The van der Waals surface area contributed by atoms with E-state index in [1.54, 1.807) is 24.9 Å². The Balaban J connectivity index is 2.23. The van der Waals surface area contributed by atoms with Crippen molar-refractivity contribution in [2.45, 2.75) is 19.4 Å². The van der Waals surface area contributed by atoms with E-state index < -0.39 is 10.5 Å². The summed E-state index contributed by atoms with van der Waals surface area (Å²) in [6, 6.07) is 4.20. The molecule has 1 unspecified atom stereocenters. The Kier molecular flexibility index (Phi) is 4.46. The number of aliphatic hydroxyl groups is 1. The third kappa shape index (κ3) is 3.72. The highest BCUT2D eigenvalue weighted by molar-refractivity contribution is 5.95. The van der Waals surface area contributed by atoms with Gasteiger partial charge in [-0.3, -0.25) is 19.6 Å². The van der Waals surface area contributed by atoms with Crippen molar-refractivity contribution >= 4 is 17.2 Å². The molecule has 0 bridgehead atoms. The number of nitro benzene ring substituents is 1. The number of nitro groups is 1. The molecule has 0 amide bonds. The molecule has 122 valence electrons. The lowest BCUT2D eigenvalue weighted by atomic mass is 9.99. The van der Waals surface area contributed by atoms with Crippen LogP contribution >= 0.6 is 0 Å². The predicted octanol–water partition coefficient (Wildman–Crippen LogP) is 1.85. The quantitative estimate of drug-likeness (QED) is 0.478. The van der Waals surface area contributed by atoms with Gasteiger partial charge in [0.15, 0.2) is 5.78 Å². The average molecular weight is 318 g/mol. The number of nitrogens with one attached hydrogen (secondary N) is 1. The molecule has 0 saturated carbocycles. The van der Waals surface area contributed by atoms with Gasteiger partial charge < -0.3 is 10.4 Å². The molecule has 8 nitrogen and oxygen atoms in total. The highest BCUT2D eigenvalue weighted by atomic mass is 16.6. The molecule has 0 aliphatic rings. The lowest BCUT2D eigenvalue weighted by Crippen LogP contribution is -2.30. The van der Waals surface area contributed by atoms with Crippen LogP contribution in [0.1, 0.15) is 29.8 Å². The number of aromatic nitrogens is 2. The van der Waals surface area contributed by atoms with Crippen LogP contribution < -0.4 is 5.32 Å². The number of carbonyl (C=O) groups is 1. The lowest BCUT2D eigenvalue weighted by molar-refractivity contribution is -0.384. The molecule has 0 saturated heterocycles. The van der Waals surface area contributed by atoms with E-state index in [1.807, 2.05) is 0 Å². The van der Waals surface area contributed by atoms with E-state index in [1.165, 1.54) is 31.3 Å². The van der Waals surface area contributed by atoms with Crippen LogP contribution in [0.15, 0.2) is 30.6 Å². The Labute approximate surface area is 132 Å². The molecule has 1 aromatic carbocycles. The number of benzene rings is 1. The number of aryl methyl sites for hydroxylation is 1. The van der Waals surface area contributed by atoms with Crippen molar-refractivity contribution in [2.75, 3.05) is 11.9 Å². The first kappa shape index (κ1) is 16.6. The first-order valence-corrected chi connectivity index (χ1v) is 6.95. The first-order valence-electron chi connectivity index (χ1n) is 6.95. The molecule has 0 aliphatic carbocycles. The van der Waals surface area contributed by atoms with Gasteiger partial charge in [0.1, 0.15) is 11.3 Å². The minimum absolute atomic E-state index is 0.0545. The van der Waals surface area contributed by atoms with Gasteiger partial charge in [-0.1, -0.05) is 0 Å². The Bertz CT molecular complexity index is 752. The molecule has 2 aromatic rings. The second-order valence-electron chi connectivity index (χ2n) is 5.58. The van der Waals surface area contributed by atoms with Gasteiger partial charge in [0, 0.05) is 37.0 Å². The predicted molar refractivity (Wildman–Crippen MR) is 84.4 cm³/mol. The van der Waals surface area contributed by atoms with Gasteiger partial charge in [0.25, 0.3) is 5.69 Å². The van der Waals surface area contributed by atoms with E-state index in [0.29, 0.717) is 5.56 Å². The Morgan fingerprint density at radius 2 is 2.22 bits per heavy atom. The standard InChI is InChI=1S/C15H18N4O4/c1-10(20)11-4-5-13(14(6-11)19(22)23)16-9-15(2,21)12-7-17-18(3)8-12/h4-8,16,21H,9H2,1-3H3. The Morgan fingerprint density at radius 3 is 2.74 bits per heavy atom. The van der Waals surface area contributed by atoms with Gasteiger partial charge >= 0.3 is 0 Å². The Hall–Kier alpha value is -2.74. The van der Waals surface area contributed by atoms with Gasteiger partial charge in [-0.2, -0.15) is 5.10 Å². The van der Waals surface area contributed by atoms with Crippen molar-refractivity contribution in [3.8, 4) is 0 Å². The van der Waals surface area contributed by atoms with Crippen LogP contribution in [-0.4, -0.2) is 32.1 Å². The monoisotopic (exact) mass is 318 g/mol. The number of hydrogen-bond donors (Lipinski definition) is 2. The molecular formula is C15H18N4O4. The van der Waals surface area contributed by atoms with Crippen LogP contribution in [0, 0.1) is 10.1 Å². The molecule has 23 heavy (non-hydrogen) atoms. The summed E-state index contributed by atoms with van der Waals surface area (Å²) in [4.78, 5) is 22.0. The summed E-state index contributed by atoms with van der Waals surface area (Å²) < 4.78 is 1.56. The van der Waals surface area contributed by atoms with E-state index in [9.17, 15) is 20.0 Å². The van der Waals surface area contributed by atoms with E-state index >= 15 is 0 Å². The highest BCUT2D eigenvalue weighted by Crippen LogP contribution is 2.28. The van der Waals surface area contributed by atoms with E-state index in [4.69, 9.17) is 0 Å². The molecule has 2 N–H and O–H groups in total. The molecule has 1 atom stereocenters. The number of hydrogen-bond acceptors (Lipinski definition) is 6. The molecule has 8 heteroatoms. The molecule has 0 radical (unpaired) electrons. The molecule has 1 heterocycles.